The van der Waals surface area contributed by atoms with Crippen LogP contribution in [0.1, 0.15) is 64.0 Å². The molecule has 1 atom stereocenters. The minimum atomic E-state index is -0.446. The van der Waals surface area contributed by atoms with Crippen LogP contribution in [0.5, 0.6) is 0 Å². The highest BCUT2D eigenvalue weighted by molar-refractivity contribution is 5.68. The van der Waals surface area contributed by atoms with Crippen LogP contribution >= 0.6 is 0 Å². The molecule has 6 nitrogen and oxygen atoms in total. The van der Waals surface area contributed by atoms with Crippen LogP contribution in [0.25, 0.3) is 0 Å². The molecule has 0 bridgehead atoms. The van der Waals surface area contributed by atoms with E-state index in [-0.39, 0.29) is 12.0 Å². The zero-order valence-electron chi connectivity index (χ0n) is 13.8. The molecule has 1 fully saturated rings. The predicted molar refractivity (Wildman–Crippen MR) is 82.7 cm³/mol. The van der Waals surface area contributed by atoms with E-state index in [0.29, 0.717) is 6.54 Å². The van der Waals surface area contributed by atoms with Crippen LogP contribution in [0.15, 0.2) is 0 Å². The smallest absolute Gasteiger partial charge is 0.410 e. The summed E-state index contributed by atoms with van der Waals surface area (Å²) in [6, 6.07) is 0. The van der Waals surface area contributed by atoms with Crippen molar-refractivity contribution in [2.45, 2.75) is 70.9 Å². The van der Waals surface area contributed by atoms with Crippen molar-refractivity contribution in [2.24, 2.45) is 0 Å². The van der Waals surface area contributed by atoms with E-state index in [1.54, 1.807) is 0 Å². The molecule has 1 aromatic heterocycles. The molecule has 0 radical (unpaired) electrons. The molecule has 0 saturated carbocycles. The zero-order valence-corrected chi connectivity index (χ0v) is 13.8. The molecular formula is C16H26N4O2. The highest BCUT2D eigenvalue weighted by atomic mass is 16.6. The third-order valence-corrected chi connectivity index (χ3v) is 4.33. The number of aryl methyl sites for hydroxylation is 1. The fourth-order valence-corrected chi connectivity index (χ4v) is 3.31. The highest BCUT2D eigenvalue weighted by Gasteiger charge is 2.31. The maximum atomic E-state index is 12.3. The average Bonchev–Trinajstić information content (AvgIpc) is 2.89. The number of carbonyl (C=O) groups is 1. The summed E-state index contributed by atoms with van der Waals surface area (Å²) >= 11 is 0. The van der Waals surface area contributed by atoms with Gasteiger partial charge in [-0.3, -0.25) is 0 Å². The summed E-state index contributed by atoms with van der Waals surface area (Å²) < 4.78 is 7.77. The zero-order chi connectivity index (χ0) is 15.7. The lowest BCUT2D eigenvalue weighted by atomic mass is 9.97. The van der Waals surface area contributed by atoms with Gasteiger partial charge >= 0.3 is 6.09 Å². The van der Waals surface area contributed by atoms with Gasteiger partial charge in [0.25, 0.3) is 0 Å². The number of carbonyl (C=O) groups excluding carboxylic acids is 1. The Morgan fingerprint density at radius 2 is 2.00 bits per heavy atom. The lowest BCUT2D eigenvalue weighted by Crippen LogP contribution is -2.42. The van der Waals surface area contributed by atoms with Crippen molar-refractivity contribution in [3.63, 3.8) is 0 Å². The van der Waals surface area contributed by atoms with Gasteiger partial charge in [-0.25, -0.2) is 4.79 Å². The van der Waals surface area contributed by atoms with Crippen molar-refractivity contribution in [3.05, 3.63) is 11.6 Å². The molecule has 1 saturated heterocycles. The normalized spacial score (nSPS) is 22.3. The van der Waals surface area contributed by atoms with Gasteiger partial charge < -0.3 is 14.2 Å². The van der Waals surface area contributed by atoms with Crippen LogP contribution in [0.4, 0.5) is 4.79 Å². The number of likely N-dealkylation sites (tertiary alicyclic amines) is 1. The fraction of sp³-hybridized carbons (Fsp3) is 0.812. The monoisotopic (exact) mass is 306 g/mol. The Balaban J connectivity index is 1.71. The van der Waals surface area contributed by atoms with Crippen LogP contribution in [0.2, 0.25) is 0 Å². The summed E-state index contributed by atoms with van der Waals surface area (Å²) in [5.41, 5.74) is -0.446. The van der Waals surface area contributed by atoms with Gasteiger partial charge in [0.15, 0.2) is 0 Å². The molecule has 6 heteroatoms. The molecule has 0 aromatic carbocycles. The Hall–Kier alpha value is -1.59. The number of aromatic nitrogens is 3. The first-order chi connectivity index (χ1) is 10.4. The second-order valence-electron chi connectivity index (χ2n) is 7.35. The first-order valence-corrected chi connectivity index (χ1v) is 8.34. The standard InChI is InChI=1S/C16H26N4O2/c1-16(2,3)22-15(21)19-9-6-7-12(11-19)14-18-17-13-8-4-5-10-20(13)14/h12H,4-11H2,1-3H3. The topological polar surface area (TPSA) is 60.2 Å². The van der Waals surface area contributed by atoms with Gasteiger partial charge in [-0.1, -0.05) is 0 Å². The van der Waals surface area contributed by atoms with E-state index in [1.165, 1.54) is 12.8 Å². The molecule has 0 spiro atoms. The maximum Gasteiger partial charge on any atom is 0.410 e. The first kappa shape index (κ1) is 15.3. The van der Waals surface area contributed by atoms with E-state index in [2.05, 4.69) is 14.8 Å². The molecule has 122 valence electrons. The number of hydrogen-bond acceptors (Lipinski definition) is 4. The Kier molecular flexibility index (Phi) is 4.10. The fourth-order valence-electron chi connectivity index (χ4n) is 3.31. The molecule has 2 aliphatic heterocycles. The lowest BCUT2D eigenvalue weighted by molar-refractivity contribution is 0.0194. The number of fused-ring (bicyclic) bond motifs is 1. The van der Waals surface area contributed by atoms with Crippen molar-refractivity contribution in [3.8, 4) is 0 Å². The summed E-state index contributed by atoms with van der Waals surface area (Å²) in [5.74, 6) is 2.44. The van der Waals surface area contributed by atoms with Gasteiger partial charge in [-0.2, -0.15) is 0 Å². The van der Waals surface area contributed by atoms with E-state index in [9.17, 15) is 4.79 Å². The van der Waals surface area contributed by atoms with Gasteiger partial charge in [-0.05, 0) is 46.5 Å². The highest BCUT2D eigenvalue weighted by Crippen LogP contribution is 2.28. The summed E-state index contributed by atoms with van der Waals surface area (Å²) in [7, 11) is 0. The minimum absolute atomic E-state index is 0.212. The van der Waals surface area contributed by atoms with Gasteiger partial charge in [-0.15, -0.1) is 10.2 Å². The molecule has 1 aromatic rings. The van der Waals surface area contributed by atoms with E-state index >= 15 is 0 Å². The molecule has 3 rings (SSSR count). The van der Waals surface area contributed by atoms with E-state index in [0.717, 1.165) is 44.0 Å². The Morgan fingerprint density at radius 3 is 2.77 bits per heavy atom. The largest absolute Gasteiger partial charge is 0.444 e. The summed E-state index contributed by atoms with van der Waals surface area (Å²) in [4.78, 5) is 14.1. The van der Waals surface area contributed by atoms with Gasteiger partial charge in [0, 0.05) is 32.0 Å². The average molecular weight is 306 g/mol. The number of hydrogen-bond donors (Lipinski definition) is 0. The van der Waals surface area contributed by atoms with Gasteiger partial charge in [0.05, 0.1) is 0 Å². The molecular weight excluding hydrogens is 280 g/mol. The second-order valence-corrected chi connectivity index (χ2v) is 7.35. The molecule has 3 heterocycles. The Bertz CT molecular complexity index is 547. The van der Waals surface area contributed by atoms with E-state index in [1.807, 2.05) is 25.7 Å². The third kappa shape index (κ3) is 3.25. The Labute approximate surface area is 131 Å². The van der Waals surface area contributed by atoms with E-state index in [4.69, 9.17) is 4.74 Å². The van der Waals surface area contributed by atoms with Crippen LogP contribution in [0, 0.1) is 0 Å². The minimum Gasteiger partial charge on any atom is -0.444 e. The number of nitrogens with zero attached hydrogens (tertiary/aromatic N) is 4. The van der Waals surface area contributed by atoms with Crippen LogP contribution in [0.3, 0.4) is 0 Å². The number of amides is 1. The van der Waals surface area contributed by atoms with Crippen LogP contribution < -0.4 is 0 Å². The van der Waals surface area contributed by atoms with Crippen LogP contribution in [-0.2, 0) is 17.7 Å². The lowest BCUT2D eigenvalue weighted by Gasteiger charge is -2.34. The number of rotatable bonds is 1. The van der Waals surface area contributed by atoms with Crippen molar-refractivity contribution in [2.75, 3.05) is 13.1 Å². The van der Waals surface area contributed by atoms with Gasteiger partial charge in [0.1, 0.15) is 17.2 Å². The van der Waals surface area contributed by atoms with Crippen molar-refractivity contribution in [1.29, 1.82) is 0 Å². The third-order valence-electron chi connectivity index (χ3n) is 4.33. The molecule has 1 amide bonds. The molecule has 22 heavy (non-hydrogen) atoms. The van der Waals surface area contributed by atoms with Gasteiger partial charge in [0.2, 0.25) is 0 Å². The summed E-state index contributed by atoms with van der Waals surface area (Å²) in [6.07, 6.45) is 5.27. The molecule has 2 aliphatic rings. The SMILES string of the molecule is CC(C)(C)OC(=O)N1CCCC(c2nnc3n2CCCC3)C1. The second kappa shape index (κ2) is 5.89. The first-order valence-electron chi connectivity index (χ1n) is 8.34. The predicted octanol–water partition coefficient (Wildman–Crippen LogP) is 2.73. The summed E-state index contributed by atoms with van der Waals surface area (Å²) in [6.45, 7) is 8.18. The van der Waals surface area contributed by atoms with E-state index < -0.39 is 5.60 Å². The quantitative estimate of drug-likeness (QED) is 0.800. The maximum absolute atomic E-state index is 12.3. The summed E-state index contributed by atoms with van der Waals surface area (Å²) in [5, 5.41) is 8.76. The number of ether oxygens (including phenoxy) is 1. The molecule has 0 N–H and O–H groups in total. The molecule has 0 aliphatic carbocycles. The van der Waals surface area contributed by atoms with Crippen molar-refractivity contribution < 1.29 is 9.53 Å². The molecule has 1 unspecified atom stereocenters. The number of piperidine rings is 1. The van der Waals surface area contributed by atoms with Crippen molar-refractivity contribution >= 4 is 6.09 Å². The van der Waals surface area contributed by atoms with Crippen LogP contribution in [-0.4, -0.2) is 44.4 Å². The Morgan fingerprint density at radius 1 is 1.18 bits per heavy atom. The van der Waals surface area contributed by atoms with Crippen molar-refractivity contribution in [1.82, 2.24) is 19.7 Å².